The number of carbonyl (C=O) groups is 1. The van der Waals surface area contributed by atoms with E-state index < -0.39 is 45.9 Å². The van der Waals surface area contributed by atoms with Crippen molar-refractivity contribution in [2.45, 2.75) is 91.4 Å². The first kappa shape index (κ1) is 35.5. The molecule has 10 heteroatoms. The van der Waals surface area contributed by atoms with Gasteiger partial charge >= 0.3 is 12.4 Å². The molecule has 0 aromatic heterocycles. The number of alkyl halides is 6. The largest absolute Gasteiger partial charge is 0.871 e. The van der Waals surface area contributed by atoms with E-state index in [9.17, 15) is 36.2 Å². The summed E-state index contributed by atoms with van der Waals surface area (Å²) >= 11 is 0. The van der Waals surface area contributed by atoms with E-state index in [2.05, 4.69) is 0 Å². The van der Waals surface area contributed by atoms with Gasteiger partial charge in [-0.25, -0.2) is 0 Å². The first-order chi connectivity index (χ1) is 22.1. The molecule has 0 saturated heterocycles. The first-order valence-electron chi connectivity index (χ1n) is 16.3. The van der Waals surface area contributed by atoms with Crippen LogP contribution in [0.3, 0.4) is 0 Å². The molecule has 0 amide bonds. The molecule has 0 unspecified atom stereocenters. The lowest BCUT2D eigenvalue weighted by Crippen LogP contribution is -2.35. The number of rotatable bonds is 8. The van der Waals surface area contributed by atoms with Crippen molar-refractivity contribution in [3.8, 4) is 0 Å². The zero-order chi connectivity index (χ0) is 35.7. The molecule has 3 aliphatic rings. The van der Waals surface area contributed by atoms with E-state index in [1.54, 1.807) is 38.3 Å². The standard InChI is InChI=1S/C38H42F6N2O2/c1-21(2)14-16-45-28-13-12-23(37(39,40)41)18-27(28)35(5,6)30(45)19-24-33(47)25(34(24)48)20-31-36(7,8)32-26(38(42,43)44)10-9-11-29(32)46(31)17-15-22(3)4/h9-13,18-22H,14-17H2,1-8H3. The average Bonchev–Trinajstić information content (AvgIpc) is 3.32. The molecule has 0 spiro atoms. The summed E-state index contributed by atoms with van der Waals surface area (Å²) in [7, 11) is 0. The van der Waals surface area contributed by atoms with Crippen LogP contribution in [0.5, 0.6) is 0 Å². The fraction of sp³-hybridized carbons (Fsp3) is 0.474. The Morgan fingerprint density at radius 3 is 2.08 bits per heavy atom. The summed E-state index contributed by atoms with van der Waals surface area (Å²) in [6.45, 7) is 15.8. The number of anilines is 1. The van der Waals surface area contributed by atoms with Gasteiger partial charge < -0.3 is 10.0 Å². The molecule has 2 heterocycles. The summed E-state index contributed by atoms with van der Waals surface area (Å²) in [4.78, 5) is 15.6. The van der Waals surface area contributed by atoms with E-state index in [1.807, 2.05) is 32.6 Å². The highest BCUT2D eigenvalue weighted by atomic mass is 19.4. The Hall–Kier alpha value is -3.82. The summed E-state index contributed by atoms with van der Waals surface area (Å²) in [5, 5.41) is 13.7. The lowest BCUT2D eigenvalue weighted by molar-refractivity contribution is -0.439. The third-order valence-corrected chi connectivity index (χ3v) is 9.81. The molecule has 0 N–H and O–H groups in total. The molecule has 0 bridgehead atoms. The van der Waals surface area contributed by atoms with Crippen LogP contribution < -0.4 is 10.0 Å². The van der Waals surface area contributed by atoms with Gasteiger partial charge in [0.1, 0.15) is 6.54 Å². The van der Waals surface area contributed by atoms with Crippen molar-refractivity contribution < 1.29 is 40.8 Å². The minimum atomic E-state index is -4.60. The summed E-state index contributed by atoms with van der Waals surface area (Å²) < 4.78 is 85.5. The van der Waals surface area contributed by atoms with E-state index in [4.69, 9.17) is 0 Å². The number of fused-ring (bicyclic) bond motifs is 2. The number of carbonyl (C=O) groups excluding carboxylic acids is 1. The van der Waals surface area contributed by atoms with Crippen LogP contribution in [0.1, 0.15) is 90.5 Å². The van der Waals surface area contributed by atoms with E-state index in [1.165, 1.54) is 24.3 Å². The zero-order valence-electron chi connectivity index (χ0n) is 28.6. The van der Waals surface area contributed by atoms with Gasteiger partial charge in [0, 0.05) is 53.1 Å². The Kier molecular flexibility index (Phi) is 8.83. The molecule has 2 aromatic rings. The number of benzene rings is 2. The Balaban J connectivity index is 1.62. The predicted octanol–water partition coefficient (Wildman–Crippen LogP) is 9.00. The van der Waals surface area contributed by atoms with Gasteiger partial charge in [-0.15, -0.1) is 0 Å². The first-order valence-corrected chi connectivity index (χ1v) is 16.3. The number of halogens is 6. The van der Waals surface area contributed by atoms with Crippen molar-refractivity contribution in [2.75, 3.05) is 18.0 Å². The maximum atomic E-state index is 14.2. The van der Waals surface area contributed by atoms with Crippen molar-refractivity contribution in [3.63, 3.8) is 0 Å². The second-order valence-corrected chi connectivity index (χ2v) is 14.9. The molecule has 2 aliphatic heterocycles. The molecule has 258 valence electrons. The highest BCUT2D eigenvalue weighted by Crippen LogP contribution is 2.51. The van der Waals surface area contributed by atoms with Gasteiger partial charge in [0.05, 0.1) is 22.1 Å². The third-order valence-electron chi connectivity index (χ3n) is 9.81. The highest BCUT2D eigenvalue weighted by molar-refractivity contribution is 6.24. The van der Waals surface area contributed by atoms with Crippen molar-refractivity contribution >= 4 is 22.9 Å². The third kappa shape index (κ3) is 6.00. The van der Waals surface area contributed by atoms with E-state index in [0.717, 1.165) is 24.6 Å². The lowest BCUT2D eigenvalue weighted by atomic mass is 9.76. The van der Waals surface area contributed by atoms with Crippen LogP contribution in [-0.2, 0) is 28.0 Å². The maximum absolute atomic E-state index is 14.2. The number of hydrogen-bond acceptors (Lipinski definition) is 3. The Morgan fingerprint density at radius 2 is 1.52 bits per heavy atom. The quantitative estimate of drug-likeness (QED) is 0.160. The van der Waals surface area contributed by atoms with Crippen molar-refractivity contribution in [1.82, 2.24) is 0 Å². The molecule has 2 aromatic carbocycles. The summed E-state index contributed by atoms with van der Waals surface area (Å²) in [6.07, 6.45) is -4.82. The zero-order valence-corrected chi connectivity index (χ0v) is 28.6. The molecule has 0 atom stereocenters. The van der Waals surface area contributed by atoms with Crippen LogP contribution in [0.25, 0.3) is 0 Å². The number of hydrogen-bond donors (Lipinski definition) is 0. The molecule has 4 nitrogen and oxygen atoms in total. The fourth-order valence-electron chi connectivity index (χ4n) is 7.05. The number of ketones is 1. The monoisotopic (exact) mass is 672 g/mol. The van der Waals surface area contributed by atoms with Crippen LogP contribution in [0.2, 0.25) is 0 Å². The molecule has 0 fully saturated rings. The minimum Gasteiger partial charge on any atom is -0.871 e. The molecule has 5 rings (SSSR count). The van der Waals surface area contributed by atoms with Crippen LogP contribution in [0.4, 0.5) is 37.7 Å². The molecule has 0 radical (unpaired) electrons. The van der Waals surface area contributed by atoms with Gasteiger partial charge in [0.25, 0.3) is 0 Å². The Morgan fingerprint density at radius 1 is 0.875 bits per heavy atom. The summed E-state index contributed by atoms with van der Waals surface area (Å²) in [5.74, 6) is -0.550. The smallest absolute Gasteiger partial charge is 0.416 e. The molecular weight excluding hydrogens is 630 g/mol. The van der Waals surface area contributed by atoms with E-state index in [-0.39, 0.29) is 28.5 Å². The van der Waals surface area contributed by atoms with Gasteiger partial charge in [-0.05, 0) is 68.0 Å². The van der Waals surface area contributed by atoms with Gasteiger partial charge in [0.15, 0.2) is 11.5 Å². The van der Waals surface area contributed by atoms with E-state index >= 15 is 0 Å². The van der Waals surface area contributed by atoms with Crippen LogP contribution >= 0.6 is 0 Å². The van der Waals surface area contributed by atoms with Gasteiger partial charge in [-0.3, -0.25) is 4.79 Å². The Bertz CT molecular complexity index is 1780. The maximum Gasteiger partial charge on any atom is 0.416 e. The van der Waals surface area contributed by atoms with Crippen molar-refractivity contribution in [1.29, 1.82) is 0 Å². The second-order valence-electron chi connectivity index (χ2n) is 14.9. The summed E-state index contributed by atoms with van der Waals surface area (Å²) in [5.41, 5.74) is -1.35. The minimum absolute atomic E-state index is 0.0960. The molecular formula is C38H42F6N2O2. The summed E-state index contributed by atoms with van der Waals surface area (Å²) in [6, 6.07) is 7.69. The highest BCUT2D eigenvalue weighted by Gasteiger charge is 2.51. The van der Waals surface area contributed by atoms with Gasteiger partial charge in [0.2, 0.25) is 5.69 Å². The Labute approximate surface area is 278 Å². The number of Topliss-reactive ketones (excluding diaryl/α,β-unsaturated/α-hetero) is 1. The fourth-order valence-corrected chi connectivity index (χ4v) is 7.05. The van der Waals surface area contributed by atoms with Crippen molar-refractivity contribution in [3.05, 3.63) is 93.4 Å². The average molecular weight is 673 g/mol. The van der Waals surface area contributed by atoms with Crippen LogP contribution in [0, 0.1) is 11.8 Å². The SMILES string of the molecule is CC(C)CCN1C(=CC2=C([O-])C(=CC3=[N+](CCC(C)C)c4cccc(C(F)(F)F)c4C3(C)C)C2=O)C(C)(C)c2cc(C(F)(F)F)ccc21. The lowest BCUT2D eigenvalue weighted by Gasteiger charge is -2.33. The van der Waals surface area contributed by atoms with Gasteiger partial charge in [-0.1, -0.05) is 53.4 Å². The predicted molar refractivity (Wildman–Crippen MR) is 173 cm³/mol. The molecule has 1 aliphatic carbocycles. The van der Waals surface area contributed by atoms with Crippen molar-refractivity contribution in [2.24, 2.45) is 11.8 Å². The normalized spacial score (nSPS) is 20.5. The molecule has 48 heavy (non-hydrogen) atoms. The van der Waals surface area contributed by atoms with Crippen LogP contribution in [-0.4, -0.2) is 29.2 Å². The second kappa shape index (κ2) is 11.9. The molecule has 0 saturated carbocycles. The topological polar surface area (TPSA) is 46.4 Å². The number of nitrogens with zero attached hydrogens (tertiary/aromatic N) is 2. The van der Waals surface area contributed by atoms with E-state index in [0.29, 0.717) is 47.9 Å². The number of allylic oxidation sites excluding steroid dienone is 5. The van der Waals surface area contributed by atoms with Crippen LogP contribution in [0.15, 0.2) is 71.2 Å². The van der Waals surface area contributed by atoms with Gasteiger partial charge in [-0.2, -0.15) is 30.9 Å².